The normalized spacial score (nSPS) is 47.0. The van der Waals surface area contributed by atoms with Gasteiger partial charge in [-0.3, -0.25) is 4.79 Å². The summed E-state index contributed by atoms with van der Waals surface area (Å²) in [5.74, 6) is 0.956. The number of rotatable bonds is 1. The lowest BCUT2D eigenvalue weighted by Gasteiger charge is -2.41. The molecule has 2 rings (SSSR count). The fraction of sp³-hybridized carbons (Fsp3) is 0.750. The van der Waals surface area contributed by atoms with E-state index in [9.17, 15) is 4.79 Å². The first-order valence-electron chi connectivity index (χ1n) is 5.46. The third-order valence-electron chi connectivity index (χ3n) is 3.99. The second-order valence-corrected chi connectivity index (χ2v) is 4.79. The van der Waals surface area contributed by atoms with Crippen molar-refractivity contribution in [3.05, 3.63) is 12.7 Å². The third-order valence-corrected chi connectivity index (χ3v) is 3.99. The number of carbonyl (C=O) groups is 1. The van der Waals surface area contributed by atoms with E-state index in [4.69, 9.17) is 4.74 Å². The van der Waals surface area contributed by atoms with Crippen LogP contribution in [0.2, 0.25) is 0 Å². The highest BCUT2D eigenvalue weighted by Crippen LogP contribution is 2.50. The van der Waals surface area contributed by atoms with Gasteiger partial charge in [-0.1, -0.05) is 20.4 Å². The minimum atomic E-state index is -0.344. The molecule has 2 aliphatic rings. The molecule has 2 nitrogen and oxygen atoms in total. The van der Waals surface area contributed by atoms with E-state index >= 15 is 0 Å². The van der Waals surface area contributed by atoms with Crippen molar-refractivity contribution in [2.24, 2.45) is 17.8 Å². The Labute approximate surface area is 85.3 Å². The maximum Gasteiger partial charge on any atom is 0.309 e. The molecule has 1 heterocycles. The van der Waals surface area contributed by atoms with Crippen LogP contribution in [-0.2, 0) is 9.53 Å². The molecule has 0 bridgehead atoms. The summed E-state index contributed by atoms with van der Waals surface area (Å²) in [5.41, 5.74) is -0.344. The van der Waals surface area contributed by atoms with Gasteiger partial charge in [0.15, 0.2) is 0 Å². The van der Waals surface area contributed by atoms with Crippen LogP contribution in [0.3, 0.4) is 0 Å². The van der Waals surface area contributed by atoms with Crippen molar-refractivity contribution in [2.45, 2.75) is 38.7 Å². The van der Waals surface area contributed by atoms with Crippen LogP contribution in [0.5, 0.6) is 0 Å². The van der Waals surface area contributed by atoms with E-state index in [2.05, 4.69) is 13.5 Å². The number of carbonyl (C=O) groups excluding carboxylic acids is 1. The Bertz CT molecular complexity index is 271. The van der Waals surface area contributed by atoms with E-state index in [1.165, 1.54) is 6.42 Å². The molecule has 4 atom stereocenters. The molecule has 0 spiro atoms. The first kappa shape index (κ1) is 9.75. The molecule has 1 aliphatic heterocycles. The Balaban J connectivity index is 2.30. The van der Waals surface area contributed by atoms with Crippen LogP contribution in [0.1, 0.15) is 33.1 Å². The van der Waals surface area contributed by atoms with E-state index in [1.807, 2.05) is 13.0 Å². The molecule has 0 aromatic rings. The van der Waals surface area contributed by atoms with Crippen molar-refractivity contribution in [3.63, 3.8) is 0 Å². The van der Waals surface area contributed by atoms with Gasteiger partial charge in [0.25, 0.3) is 0 Å². The van der Waals surface area contributed by atoms with Crippen molar-refractivity contribution < 1.29 is 9.53 Å². The van der Waals surface area contributed by atoms with E-state index in [-0.39, 0.29) is 17.5 Å². The third kappa shape index (κ3) is 1.13. The summed E-state index contributed by atoms with van der Waals surface area (Å²) in [4.78, 5) is 11.6. The second-order valence-electron chi connectivity index (χ2n) is 4.79. The van der Waals surface area contributed by atoms with Gasteiger partial charge in [0.1, 0.15) is 5.60 Å². The van der Waals surface area contributed by atoms with Crippen LogP contribution < -0.4 is 0 Å². The van der Waals surface area contributed by atoms with E-state index in [0.29, 0.717) is 11.8 Å². The largest absolute Gasteiger partial charge is 0.454 e. The number of hydrogen-bond acceptors (Lipinski definition) is 2. The molecule has 2 heteroatoms. The zero-order chi connectivity index (χ0) is 10.3. The van der Waals surface area contributed by atoms with Crippen molar-refractivity contribution in [2.75, 3.05) is 0 Å². The van der Waals surface area contributed by atoms with Gasteiger partial charge < -0.3 is 4.74 Å². The summed E-state index contributed by atoms with van der Waals surface area (Å²) in [6.45, 7) is 7.96. The molecule has 0 aromatic carbocycles. The average Bonchev–Trinajstić information content (AvgIpc) is 2.46. The van der Waals surface area contributed by atoms with Gasteiger partial charge in [-0.05, 0) is 31.3 Å². The van der Waals surface area contributed by atoms with Gasteiger partial charge in [-0.2, -0.15) is 0 Å². The van der Waals surface area contributed by atoms with Gasteiger partial charge in [0.05, 0.1) is 5.92 Å². The van der Waals surface area contributed by atoms with Gasteiger partial charge in [0, 0.05) is 5.92 Å². The standard InChI is InChI=1S/C12H18O2/c1-4-12-9(3)5-6-10(12)7-8(2)11(13)14-12/h4,8-10H,1,5-7H2,2-3H3/t8-,9-,10+,12+/m1/s1. The lowest BCUT2D eigenvalue weighted by atomic mass is 9.78. The second kappa shape index (κ2) is 3.11. The maximum atomic E-state index is 11.6. The van der Waals surface area contributed by atoms with Crippen molar-refractivity contribution >= 4 is 5.97 Å². The molecular formula is C12H18O2. The topological polar surface area (TPSA) is 26.3 Å². The van der Waals surface area contributed by atoms with Crippen molar-refractivity contribution in [1.82, 2.24) is 0 Å². The SMILES string of the molecule is C=C[C@@]12OC(=O)[C@H](C)C[C@@H]1CC[C@H]2C. The zero-order valence-electron chi connectivity index (χ0n) is 8.95. The van der Waals surface area contributed by atoms with E-state index < -0.39 is 0 Å². The summed E-state index contributed by atoms with van der Waals surface area (Å²) in [6.07, 6.45) is 5.15. The summed E-state index contributed by atoms with van der Waals surface area (Å²) in [5, 5.41) is 0. The Kier molecular flexibility index (Phi) is 2.17. The van der Waals surface area contributed by atoms with Crippen LogP contribution in [0, 0.1) is 17.8 Å². The molecule has 0 N–H and O–H groups in total. The lowest BCUT2D eigenvalue weighted by Crippen LogP contribution is -2.47. The van der Waals surface area contributed by atoms with E-state index in [0.717, 1.165) is 12.8 Å². The first-order chi connectivity index (χ1) is 6.60. The van der Waals surface area contributed by atoms with Crippen LogP contribution in [0.15, 0.2) is 12.7 Å². The number of ether oxygens (including phenoxy) is 1. The predicted molar refractivity (Wildman–Crippen MR) is 54.7 cm³/mol. The molecule has 0 amide bonds. The lowest BCUT2D eigenvalue weighted by molar-refractivity contribution is -0.176. The van der Waals surface area contributed by atoms with Crippen LogP contribution in [-0.4, -0.2) is 11.6 Å². The van der Waals surface area contributed by atoms with Crippen molar-refractivity contribution in [1.29, 1.82) is 0 Å². The molecular weight excluding hydrogens is 176 g/mol. The fourth-order valence-electron chi connectivity index (χ4n) is 3.00. The highest BCUT2D eigenvalue weighted by Gasteiger charge is 2.53. The first-order valence-corrected chi connectivity index (χ1v) is 5.46. The number of hydrogen-bond donors (Lipinski definition) is 0. The summed E-state index contributed by atoms with van der Waals surface area (Å²) in [7, 11) is 0. The molecule has 78 valence electrons. The Morgan fingerprint density at radius 2 is 2.21 bits per heavy atom. The van der Waals surface area contributed by atoms with E-state index in [1.54, 1.807) is 0 Å². The van der Waals surface area contributed by atoms with Crippen molar-refractivity contribution in [3.8, 4) is 0 Å². The summed E-state index contributed by atoms with van der Waals surface area (Å²) >= 11 is 0. The number of fused-ring (bicyclic) bond motifs is 1. The molecule has 1 aliphatic carbocycles. The quantitative estimate of drug-likeness (QED) is 0.473. The molecule has 14 heavy (non-hydrogen) atoms. The molecule has 1 saturated heterocycles. The molecule has 0 radical (unpaired) electrons. The molecule has 0 unspecified atom stereocenters. The molecule has 2 fully saturated rings. The smallest absolute Gasteiger partial charge is 0.309 e. The highest BCUT2D eigenvalue weighted by atomic mass is 16.6. The minimum Gasteiger partial charge on any atom is -0.454 e. The number of esters is 1. The predicted octanol–water partition coefficient (Wildman–Crippen LogP) is 2.54. The Morgan fingerprint density at radius 1 is 1.50 bits per heavy atom. The minimum absolute atomic E-state index is 0.0464. The molecule has 0 aromatic heterocycles. The Hall–Kier alpha value is -0.790. The average molecular weight is 194 g/mol. The van der Waals surface area contributed by atoms with Crippen LogP contribution >= 0.6 is 0 Å². The van der Waals surface area contributed by atoms with Crippen LogP contribution in [0.4, 0.5) is 0 Å². The van der Waals surface area contributed by atoms with Gasteiger partial charge >= 0.3 is 5.97 Å². The zero-order valence-corrected chi connectivity index (χ0v) is 8.95. The Morgan fingerprint density at radius 3 is 2.86 bits per heavy atom. The highest BCUT2D eigenvalue weighted by molar-refractivity contribution is 5.74. The molecule has 1 saturated carbocycles. The van der Waals surface area contributed by atoms with Gasteiger partial charge in [-0.15, -0.1) is 0 Å². The fourth-order valence-corrected chi connectivity index (χ4v) is 3.00. The van der Waals surface area contributed by atoms with Gasteiger partial charge in [-0.25, -0.2) is 0 Å². The monoisotopic (exact) mass is 194 g/mol. The summed E-state index contributed by atoms with van der Waals surface area (Å²) < 4.78 is 5.61. The maximum absolute atomic E-state index is 11.6. The van der Waals surface area contributed by atoms with Crippen LogP contribution in [0.25, 0.3) is 0 Å². The van der Waals surface area contributed by atoms with Gasteiger partial charge in [0.2, 0.25) is 0 Å². The summed E-state index contributed by atoms with van der Waals surface area (Å²) in [6, 6.07) is 0.